The number of hydrogen-bond donors (Lipinski definition) is 1. The van der Waals surface area contributed by atoms with Crippen molar-refractivity contribution in [1.29, 1.82) is 0 Å². The van der Waals surface area contributed by atoms with E-state index in [0.29, 0.717) is 7.11 Å². The summed E-state index contributed by atoms with van der Waals surface area (Å²) in [4.78, 5) is 11.9. The van der Waals surface area contributed by atoms with Crippen LogP contribution in [-0.2, 0) is 14.3 Å². The van der Waals surface area contributed by atoms with Crippen molar-refractivity contribution >= 4 is 5.91 Å². The van der Waals surface area contributed by atoms with Crippen LogP contribution in [0.3, 0.4) is 0 Å². The van der Waals surface area contributed by atoms with Crippen LogP contribution in [0.25, 0.3) is 0 Å². The van der Waals surface area contributed by atoms with Gasteiger partial charge in [0.05, 0.1) is 6.61 Å². The van der Waals surface area contributed by atoms with E-state index < -0.39 is 48.3 Å². The van der Waals surface area contributed by atoms with Crippen molar-refractivity contribution in [3.8, 4) is 0 Å². The Morgan fingerprint density at radius 1 is 0.958 bits per heavy atom. The highest BCUT2D eigenvalue weighted by atomic mass is 19.4. The summed E-state index contributed by atoms with van der Waals surface area (Å²) in [6.45, 7) is 2.54. The summed E-state index contributed by atoms with van der Waals surface area (Å²) in [6, 6.07) is 0. The van der Waals surface area contributed by atoms with E-state index in [0.717, 1.165) is 0 Å². The van der Waals surface area contributed by atoms with E-state index in [-0.39, 0.29) is 6.92 Å². The molecule has 24 heavy (non-hydrogen) atoms. The van der Waals surface area contributed by atoms with Gasteiger partial charge in [-0.05, 0) is 20.8 Å². The molecular formula is C13H20F7NO3. The van der Waals surface area contributed by atoms with Gasteiger partial charge in [-0.1, -0.05) is 0 Å². The van der Waals surface area contributed by atoms with Gasteiger partial charge >= 0.3 is 23.8 Å². The van der Waals surface area contributed by atoms with E-state index in [4.69, 9.17) is 0 Å². The molecule has 0 rings (SSSR count). The second-order valence-electron chi connectivity index (χ2n) is 6.21. The Kier molecular flexibility index (Phi) is 6.70. The Balaban J connectivity index is 5.36. The van der Waals surface area contributed by atoms with Gasteiger partial charge in [-0.3, -0.25) is 4.79 Å². The van der Waals surface area contributed by atoms with E-state index in [1.54, 1.807) is 0 Å². The number of ether oxygens (including phenoxy) is 2. The zero-order valence-electron chi connectivity index (χ0n) is 13.8. The minimum absolute atomic E-state index is 0.0767. The molecular weight excluding hydrogens is 351 g/mol. The zero-order chi connectivity index (χ0) is 19.6. The zero-order valence-corrected chi connectivity index (χ0v) is 13.8. The van der Waals surface area contributed by atoms with Crippen molar-refractivity contribution in [1.82, 2.24) is 5.32 Å². The van der Waals surface area contributed by atoms with Crippen LogP contribution >= 0.6 is 0 Å². The smallest absolute Gasteiger partial charge is 0.346 e. The summed E-state index contributed by atoms with van der Waals surface area (Å²) in [5.41, 5.74) is -1.12. The van der Waals surface area contributed by atoms with Crippen LogP contribution in [0.1, 0.15) is 34.1 Å². The summed E-state index contributed by atoms with van der Waals surface area (Å²) in [5, 5.41) is 1.95. The fraction of sp³-hybridized carbons (Fsp3) is 0.923. The first-order valence-electron chi connectivity index (χ1n) is 6.74. The molecule has 0 aromatic rings. The minimum Gasteiger partial charge on any atom is -0.346 e. The van der Waals surface area contributed by atoms with Gasteiger partial charge in [-0.15, -0.1) is 0 Å². The number of nitrogens with one attached hydrogen (secondary N) is 1. The summed E-state index contributed by atoms with van der Waals surface area (Å²) < 4.78 is 99.6. The Labute approximate surface area is 134 Å². The Morgan fingerprint density at radius 2 is 1.42 bits per heavy atom. The lowest BCUT2D eigenvalue weighted by Crippen LogP contribution is -2.63. The van der Waals surface area contributed by atoms with Crippen molar-refractivity contribution in [2.75, 3.05) is 13.7 Å². The van der Waals surface area contributed by atoms with Crippen molar-refractivity contribution in [3.63, 3.8) is 0 Å². The molecule has 1 unspecified atom stereocenters. The van der Waals surface area contributed by atoms with Crippen LogP contribution in [0.5, 0.6) is 0 Å². The lowest BCUT2D eigenvalue weighted by atomic mass is 10.1. The van der Waals surface area contributed by atoms with Crippen molar-refractivity contribution in [2.24, 2.45) is 0 Å². The maximum atomic E-state index is 13.2. The predicted octanol–water partition coefficient (Wildman–Crippen LogP) is 3.50. The number of alkyl halides is 7. The SMILES string of the molecule is COC(OCCC(F)(F)C(C)(F)F)(C(=O)NC(C)(C)C)C(F)(F)F. The highest BCUT2D eigenvalue weighted by Crippen LogP contribution is 2.39. The third-order valence-electron chi connectivity index (χ3n) is 2.81. The average molecular weight is 371 g/mol. The van der Waals surface area contributed by atoms with Gasteiger partial charge in [-0.2, -0.15) is 22.0 Å². The van der Waals surface area contributed by atoms with E-state index in [2.05, 4.69) is 9.47 Å². The molecule has 1 N–H and O–H groups in total. The van der Waals surface area contributed by atoms with Gasteiger partial charge in [0.1, 0.15) is 0 Å². The van der Waals surface area contributed by atoms with E-state index in [1.165, 1.54) is 20.8 Å². The molecule has 0 heterocycles. The number of amides is 1. The molecule has 1 amide bonds. The number of methoxy groups -OCH3 is 1. The Hall–Kier alpha value is -1.10. The summed E-state index contributed by atoms with van der Waals surface area (Å²) in [5.74, 6) is -14.7. The number of halogens is 7. The minimum atomic E-state index is -5.43. The molecule has 0 radical (unpaired) electrons. The largest absolute Gasteiger partial charge is 0.453 e. The monoisotopic (exact) mass is 371 g/mol. The Bertz CT molecular complexity index is 440. The maximum absolute atomic E-state index is 13.2. The van der Waals surface area contributed by atoms with E-state index in [1.807, 2.05) is 5.32 Å². The van der Waals surface area contributed by atoms with Crippen molar-refractivity contribution in [3.05, 3.63) is 0 Å². The van der Waals surface area contributed by atoms with E-state index in [9.17, 15) is 35.5 Å². The molecule has 1 atom stereocenters. The maximum Gasteiger partial charge on any atom is 0.453 e. The molecule has 0 aromatic heterocycles. The molecule has 0 saturated heterocycles. The normalized spacial score (nSPS) is 16.7. The first-order valence-corrected chi connectivity index (χ1v) is 6.74. The number of carbonyl (C=O) groups excluding carboxylic acids is 1. The molecule has 144 valence electrons. The van der Waals surface area contributed by atoms with Gasteiger partial charge in [0.2, 0.25) is 0 Å². The average Bonchev–Trinajstić information content (AvgIpc) is 2.29. The molecule has 0 spiro atoms. The van der Waals surface area contributed by atoms with Gasteiger partial charge < -0.3 is 14.8 Å². The molecule has 0 bridgehead atoms. The first-order chi connectivity index (χ1) is 10.4. The summed E-state index contributed by atoms with van der Waals surface area (Å²) in [6.07, 6.45) is -7.17. The Morgan fingerprint density at radius 3 is 1.71 bits per heavy atom. The predicted molar refractivity (Wildman–Crippen MR) is 69.8 cm³/mol. The van der Waals surface area contributed by atoms with E-state index >= 15 is 0 Å². The second-order valence-corrected chi connectivity index (χ2v) is 6.21. The van der Waals surface area contributed by atoms with Gasteiger partial charge in [0.15, 0.2) is 0 Å². The summed E-state index contributed by atoms with van der Waals surface area (Å²) in [7, 11) is 0.488. The van der Waals surface area contributed by atoms with Crippen LogP contribution in [0, 0.1) is 0 Å². The molecule has 0 saturated carbocycles. The molecule has 0 aliphatic heterocycles. The third-order valence-corrected chi connectivity index (χ3v) is 2.81. The van der Waals surface area contributed by atoms with Crippen LogP contribution in [-0.4, -0.2) is 49.0 Å². The van der Waals surface area contributed by atoms with Crippen LogP contribution in [0.2, 0.25) is 0 Å². The van der Waals surface area contributed by atoms with Crippen LogP contribution in [0.15, 0.2) is 0 Å². The molecule has 0 aliphatic carbocycles. The molecule has 0 aromatic carbocycles. The lowest BCUT2D eigenvalue weighted by molar-refractivity contribution is -0.356. The first kappa shape index (κ1) is 22.9. The van der Waals surface area contributed by atoms with Gasteiger partial charge in [0.25, 0.3) is 5.91 Å². The quantitative estimate of drug-likeness (QED) is 0.550. The fourth-order valence-electron chi connectivity index (χ4n) is 1.51. The molecule has 0 aliphatic rings. The molecule has 11 heteroatoms. The summed E-state index contributed by atoms with van der Waals surface area (Å²) >= 11 is 0. The van der Waals surface area contributed by atoms with Gasteiger partial charge in [0, 0.05) is 26.0 Å². The van der Waals surface area contributed by atoms with Crippen molar-refractivity contribution in [2.45, 2.75) is 63.5 Å². The topological polar surface area (TPSA) is 47.6 Å². The highest BCUT2D eigenvalue weighted by molar-refractivity contribution is 5.85. The molecule has 4 nitrogen and oxygen atoms in total. The van der Waals surface area contributed by atoms with Crippen molar-refractivity contribution < 1.29 is 45.0 Å². The highest BCUT2D eigenvalue weighted by Gasteiger charge is 2.64. The standard InChI is InChI=1S/C13H20F7NO3/c1-9(2,3)21-8(22)12(23-5,13(18,19)20)24-7-6-11(16,17)10(4,14)15/h6-7H2,1-5H3,(H,21,22). The lowest BCUT2D eigenvalue weighted by Gasteiger charge is -2.35. The molecule has 0 fully saturated rings. The van der Waals surface area contributed by atoms with Crippen LogP contribution in [0.4, 0.5) is 30.7 Å². The number of rotatable bonds is 7. The fourth-order valence-corrected chi connectivity index (χ4v) is 1.51. The number of carbonyl (C=O) groups is 1. The third kappa shape index (κ3) is 5.47. The second kappa shape index (κ2) is 7.03. The van der Waals surface area contributed by atoms with Crippen LogP contribution < -0.4 is 5.32 Å². The van der Waals surface area contributed by atoms with Gasteiger partial charge in [-0.25, -0.2) is 8.78 Å². The number of hydrogen-bond acceptors (Lipinski definition) is 3.